The molecule has 0 fully saturated rings. The quantitative estimate of drug-likeness (QED) is 0.409. The van der Waals surface area contributed by atoms with Gasteiger partial charge in [0.15, 0.2) is 0 Å². The van der Waals surface area contributed by atoms with E-state index in [0.717, 1.165) is 21.5 Å². The summed E-state index contributed by atoms with van der Waals surface area (Å²) in [4.78, 5) is 14.0. The van der Waals surface area contributed by atoms with Crippen molar-refractivity contribution in [3.8, 4) is 0 Å². The fourth-order valence-electron chi connectivity index (χ4n) is 4.23. The molecule has 0 N–H and O–H groups in total. The van der Waals surface area contributed by atoms with Crippen LogP contribution in [0.2, 0.25) is 0 Å². The third kappa shape index (κ3) is 3.10. The first kappa shape index (κ1) is 19.4. The molecule has 0 aliphatic carbocycles. The number of carbonyl (C=O) groups excluding carboxylic acids is 1. The molecule has 0 saturated heterocycles. The van der Waals surface area contributed by atoms with E-state index in [9.17, 15) is 4.79 Å². The van der Waals surface area contributed by atoms with Gasteiger partial charge in [-0.05, 0) is 34.5 Å². The largest absolute Gasteiger partial charge is 0.287 e. The Morgan fingerprint density at radius 1 is 0.581 bits per heavy atom. The molecule has 4 aromatic rings. The van der Waals surface area contributed by atoms with E-state index in [-0.39, 0.29) is 5.78 Å². The molecule has 0 atom stereocenters. The summed E-state index contributed by atoms with van der Waals surface area (Å²) in [5.41, 5.74) is 2.77. The number of rotatable bonds is 3. The van der Waals surface area contributed by atoms with Gasteiger partial charge in [-0.3, -0.25) is 4.79 Å². The van der Waals surface area contributed by atoms with Crippen molar-refractivity contribution in [2.24, 2.45) is 10.2 Å². The first-order valence-corrected chi connectivity index (χ1v) is 12.0. The molecule has 4 heteroatoms. The van der Waals surface area contributed by atoms with Crippen LogP contribution in [0.5, 0.6) is 0 Å². The number of Topliss-reactive ketones (excluding diaryl/α,β-unsaturated/α-hetero) is 1. The smallest absolute Gasteiger partial charge is 0.216 e. The first-order chi connectivity index (χ1) is 15.2. The number of hydrogen-bond acceptors (Lipinski definition) is 2. The molecule has 0 saturated carbocycles. The highest BCUT2D eigenvalue weighted by Gasteiger charge is 2.36. The Hall–Kier alpha value is -3.55. The Balaban J connectivity index is 1.98. The zero-order valence-corrected chi connectivity index (χ0v) is 18.0. The lowest BCUT2D eigenvalue weighted by atomic mass is 10.0. The third-order valence-electron chi connectivity index (χ3n) is 5.68. The van der Waals surface area contributed by atoms with E-state index in [1.165, 1.54) is 0 Å². The summed E-state index contributed by atoms with van der Waals surface area (Å²) in [5.74, 6) is -0.0430. The lowest BCUT2D eigenvalue weighted by molar-refractivity contribution is 0.106. The lowest BCUT2D eigenvalue weighted by Crippen LogP contribution is -2.33. The van der Waals surface area contributed by atoms with Gasteiger partial charge in [0.1, 0.15) is 5.42 Å². The van der Waals surface area contributed by atoms with Crippen LogP contribution in [0.3, 0.4) is 0 Å². The standard InChI is InChI=1S/C27H21N2OP/c1-20-12-11-19-24-25(20)28-29-27(26(24)30)31(21-13-5-2-6-14-21,22-15-7-3-8-16-22)23-17-9-4-10-18-23/h2-19H,1H3. The fourth-order valence-corrected chi connectivity index (χ4v) is 8.32. The van der Waals surface area contributed by atoms with Crippen LogP contribution in [-0.2, 0) is 0 Å². The number of ketones is 1. The molecule has 1 heterocycles. The number of carbonyl (C=O) groups is 1. The molecule has 3 nitrogen and oxygen atoms in total. The zero-order chi connectivity index (χ0) is 21.3. The number of fused-ring (bicyclic) bond motifs is 1. The van der Waals surface area contributed by atoms with E-state index in [0.29, 0.717) is 16.7 Å². The van der Waals surface area contributed by atoms with E-state index in [4.69, 9.17) is 0 Å². The zero-order valence-electron chi connectivity index (χ0n) is 17.1. The Kier molecular flexibility index (Phi) is 4.97. The highest BCUT2D eigenvalue weighted by atomic mass is 31.2. The lowest BCUT2D eigenvalue weighted by Gasteiger charge is -2.31. The molecule has 1 aliphatic rings. The summed E-state index contributed by atoms with van der Waals surface area (Å²) in [6.45, 7) is -0.586. The van der Waals surface area contributed by atoms with Gasteiger partial charge in [-0.1, -0.05) is 103 Å². The summed E-state index contributed by atoms with van der Waals surface area (Å²) < 4.78 is 0. The summed E-state index contributed by atoms with van der Waals surface area (Å²) in [6, 6.07) is 36.5. The summed E-state index contributed by atoms with van der Waals surface area (Å²) in [6.07, 6.45) is 0. The third-order valence-corrected chi connectivity index (χ3v) is 9.82. The van der Waals surface area contributed by atoms with Gasteiger partial charge in [-0.2, -0.15) is 0 Å². The van der Waals surface area contributed by atoms with Gasteiger partial charge in [0, 0.05) is 6.89 Å². The van der Waals surface area contributed by atoms with Gasteiger partial charge in [0.25, 0.3) is 0 Å². The molecular weight excluding hydrogens is 399 g/mol. The Morgan fingerprint density at radius 3 is 1.55 bits per heavy atom. The number of nitrogens with zero attached hydrogens (tertiary/aromatic N) is 2. The maximum Gasteiger partial charge on any atom is 0.216 e. The van der Waals surface area contributed by atoms with E-state index < -0.39 is 6.89 Å². The number of benzene rings is 4. The molecule has 0 spiro atoms. The van der Waals surface area contributed by atoms with Gasteiger partial charge >= 0.3 is 0 Å². The minimum absolute atomic E-state index is 0.0430. The van der Waals surface area contributed by atoms with Crippen LogP contribution in [0, 0.1) is 6.92 Å². The van der Waals surface area contributed by atoms with Gasteiger partial charge in [-0.25, -0.2) is 0 Å². The van der Waals surface area contributed by atoms with Crippen LogP contribution in [-0.4, -0.2) is 11.2 Å². The van der Waals surface area contributed by atoms with Crippen molar-refractivity contribution < 1.29 is 4.79 Å². The van der Waals surface area contributed by atoms with Crippen molar-refractivity contribution in [1.82, 2.24) is 0 Å². The van der Waals surface area contributed by atoms with Crippen molar-refractivity contribution in [3.05, 3.63) is 120 Å². The maximum atomic E-state index is 14.0. The summed E-state index contributed by atoms with van der Waals surface area (Å²) in [7, 11) is 0. The van der Waals surface area contributed by atoms with Gasteiger partial charge in [0.2, 0.25) is 5.78 Å². The molecule has 0 unspecified atom stereocenters. The van der Waals surface area contributed by atoms with E-state index in [2.05, 4.69) is 46.6 Å². The van der Waals surface area contributed by atoms with E-state index in [1.807, 2.05) is 79.7 Å². The van der Waals surface area contributed by atoms with E-state index >= 15 is 0 Å². The Labute approximate surface area is 182 Å². The number of hydrogen-bond donors (Lipinski definition) is 0. The Morgan fingerprint density at radius 2 is 1.06 bits per heavy atom. The van der Waals surface area contributed by atoms with Gasteiger partial charge in [-0.15, -0.1) is 10.2 Å². The average molecular weight is 420 g/mol. The van der Waals surface area contributed by atoms with Crippen LogP contribution in [0.25, 0.3) is 0 Å². The van der Waals surface area contributed by atoms with Crippen molar-refractivity contribution in [2.75, 3.05) is 0 Å². The Bertz CT molecular complexity index is 1240. The second kappa shape index (κ2) is 7.94. The second-order valence-corrected chi connectivity index (χ2v) is 10.8. The minimum Gasteiger partial charge on any atom is -0.287 e. The molecular formula is C27H21N2OP. The predicted octanol–water partition coefficient (Wildman–Crippen LogP) is 5.40. The highest BCUT2D eigenvalue weighted by molar-refractivity contribution is 7.96. The molecule has 4 aromatic carbocycles. The van der Waals surface area contributed by atoms with Crippen LogP contribution in [0.15, 0.2) is 119 Å². The molecule has 31 heavy (non-hydrogen) atoms. The second-order valence-electron chi connectivity index (χ2n) is 7.50. The van der Waals surface area contributed by atoms with Crippen molar-refractivity contribution in [2.45, 2.75) is 6.92 Å². The van der Waals surface area contributed by atoms with Crippen LogP contribution in [0.1, 0.15) is 15.9 Å². The van der Waals surface area contributed by atoms with Crippen LogP contribution in [0.4, 0.5) is 5.69 Å². The maximum absolute atomic E-state index is 14.0. The highest BCUT2D eigenvalue weighted by Crippen LogP contribution is 2.48. The molecule has 150 valence electrons. The van der Waals surface area contributed by atoms with Crippen molar-refractivity contribution in [3.63, 3.8) is 0 Å². The van der Waals surface area contributed by atoms with Gasteiger partial charge in [0.05, 0.1) is 11.3 Å². The normalized spacial score (nSPS) is 13.2. The molecule has 0 radical (unpaired) electrons. The van der Waals surface area contributed by atoms with Crippen molar-refractivity contribution >= 4 is 39.7 Å². The van der Waals surface area contributed by atoms with Crippen LogP contribution < -0.4 is 15.9 Å². The number of aryl methyl sites for hydroxylation is 1. The summed E-state index contributed by atoms with van der Waals surface area (Å²) >= 11 is 0. The first-order valence-electron chi connectivity index (χ1n) is 10.2. The van der Waals surface area contributed by atoms with Crippen LogP contribution >= 0.6 is 6.89 Å². The van der Waals surface area contributed by atoms with Crippen molar-refractivity contribution in [1.29, 1.82) is 0 Å². The molecule has 0 aromatic heterocycles. The summed E-state index contributed by atoms with van der Waals surface area (Å²) in [5, 5.41) is 12.5. The topological polar surface area (TPSA) is 41.8 Å². The molecule has 0 bridgehead atoms. The SMILES string of the molecule is Cc1cccc2c1N=NC(=P(c1ccccc1)(c1ccccc1)c1ccccc1)C2=O. The van der Waals surface area contributed by atoms with Gasteiger partial charge < -0.3 is 0 Å². The average Bonchev–Trinajstić information content (AvgIpc) is 2.83. The molecule has 5 rings (SSSR count). The minimum atomic E-state index is -2.55. The monoisotopic (exact) mass is 420 g/mol. The fraction of sp³-hybridized carbons (Fsp3) is 0.0370. The number of azo groups is 1. The predicted molar refractivity (Wildman–Crippen MR) is 130 cm³/mol. The van der Waals surface area contributed by atoms with E-state index in [1.54, 1.807) is 0 Å². The molecule has 0 amide bonds. The molecule has 1 aliphatic heterocycles.